The summed E-state index contributed by atoms with van der Waals surface area (Å²) < 4.78 is 5.16. The van der Waals surface area contributed by atoms with Crippen molar-refractivity contribution in [1.29, 1.82) is 0 Å². The molecular formula is C14H15NO3. The highest BCUT2D eigenvalue weighted by atomic mass is 16.5. The van der Waals surface area contributed by atoms with Gasteiger partial charge in [0.15, 0.2) is 0 Å². The van der Waals surface area contributed by atoms with Gasteiger partial charge >= 0.3 is 5.97 Å². The van der Waals surface area contributed by atoms with Gasteiger partial charge in [0.05, 0.1) is 12.2 Å². The summed E-state index contributed by atoms with van der Waals surface area (Å²) >= 11 is 0. The molecule has 0 aliphatic heterocycles. The van der Waals surface area contributed by atoms with E-state index in [0.29, 0.717) is 22.9 Å². The highest BCUT2D eigenvalue weighted by molar-refractivity contribution is 6.03. The maximum absolute atomic E-state index is 11.9. The van der Waals surface area contributed by atoms with Crippen LogP contribution in [0.15, 0.2) is 35.3 Å². The van der Waals surface area contributed by atoms with Gasteiger partial charge in [0.1, 0.15) is 0 Å². The first-order valence-corrected chi connectivity index (χ1v) is 6.01. The quantitative estimate of drug-likeness (QED) is 0.665. The molecule has 0 amide bonds. The summed E-state index contributed by atoms with van der Waals surface area (Å²) in [7, 11) is 0. The number of fused-ring (bicyclic) bond motifs is 1. The van der Waals surface area contributed by atoms with Gasteiger partial charge in [0, 0.05) is 17.0 Å². The number of carbonyl (C=O) groups excluding carboxylic acids is 1. The predicted octanol–water partition coefficient (Wildman–Crippen LogP) is 2.49. The molecule has 94 valence electrons. The Hall–Kier alpha value is -2.10. The van der Waals surface area contributed by atoms with Crippen LogP contribution in [0, 0.1) is 0 Å². The molecule has 0 bridgehead atoms. The van der Waals surface area contributed by atoms with Gasteiger partial charge in [0.25, 0.3) is 5.56 Å². The second-order valence-electron chi connectivity index (χ2n) is 4.07. The molecule has 0 saturated heterocycles. The fraction of sp³-hybridized carbons (Fsp3) is 0.286. The van der Waals surface area contributed by atoms with Crippen LogP contribution in [0.3, 0.4) is 0 Å². The van der Waals surface area contributed by atoms with E-state index in [1.165, 1.54) is 6.20 Å². The number of carbonyl (C=O) groups is 1. The molecule has 0 unspecified atom stereocenters. The van der Waals surface area contributed by atoms with Crippen LogP contribution in [-0.2, 0) is 4.74 Å². The van der Waals surface area contributed by atoms with E-state index in [9.17, 15) is 9.59 Å². The monoisotopic (exact) mass is 245 g/mol. The first-order valence-electron chi connectivity index (χ1n) is 6.01. The zero-order valence-electron chi connectivity index (χ0n) is 10.2. The number of hydrogen-bond acceptors (Lipinski definition) is 3. The fourth-order valence-corrected chi connectivity index (χ4v) is 1.77. The number of esters is 1. The Labute approximate surface area is 105 Å². The summed E-state index contributed by atoms with van der Waals surface area (Å²) in [6.07, 6.45) is 3.23. The molecule has 4 heteroatoms. The summed E-state index contributed by atoms with van der Waals surface area (Å²) in [6.45, 7) is 2.44. The summed E-state index contributed by atoms with van der Waals surface area (Å²) in [5.41, 5.74) is 0.206. The van der Waals surface area contributed by atoms with Gasteiger partial charge < -0.3 is 9.72 Å². The Morgan fingerprint density at radius 3 is 2.72 bits per heavy atom. The SMILES string of the molecule is CCCCOC(=O)c1c[nH]c(=O)c2ccccc12. The van der Waals surface area contributed by atoms with Crippen LogP contribution in [0.4, 0.5) is 0 Å². The van der Waals surface area contributed by atoms with Crippen LogP contribution in [0.25, 0.3) is 10.8 Å². The van der Waals surface area contributed by atoms with Crippen molar-refractivity contribution >= 4 is 16.7 Å². The van der Waals surface area contributed by atoms with Crippen molar-refractivity contribution < 1.29 is 9.53 Å². The van der Waals surface area contributed by atoms with Crippen LogP contribution < -0.4 is 5.56 Å². The van der Waals surface area contributed by atoms with Crippen molar-refractivity contribution in [3.8, 4) is 0 Å². The number of H-pyrrole nitrogens is 1. The van der Waals surface area contributed by atoms with Crippen molar-refractivity contribution in [2.24, 2.45) is 0 Å². The second-order valence-corrected chi connectivity index (χ2v) is 4.07. The molecule has 0 spiro atoms. The number of pyridine rings is 1. The Balaban J connectivity index is 2.36. The number of nitrogens with one attached hydrogen (secondary N) is 1. The highest BCUT2D eigenvalue weighted by Gasteiger charge is 2.12. The molecule has 18 heavy (non-hydrogen) atoms. The fourth-order valence-electron chi connectivity index (χ4n) is 1.77. The zero-order chi connectivity index (χ0) is 13.0. The summed E-state index contributed by atoms with van der Waals surface area (Å²) in [5, 5.41) is 1.13. The zero-order valence-corrected chi connectivity index (χ0v) is 10.2. The molecule has 1 aromatic carbocycles. The van der Waals surface area contributed by atoms with E-state index in [0.717, 1.165) is 12.8 Å². The topological polar surface area (TPSA) is 59.2 Å². The summed E-state index contributed by atoms with van der Waals surface area (Å²) in [6, 6.07) is 7.01. The van der Waals surface area contributed by atoms with Gasteiger partial charge in [-0.1, -0.05) is 31.5 Å². The third kappa shape index (κ3) is 2.42. The Morgan fingerprint density at radius 2 is 2.00 bits per heavy atom. The molecule has 2 rings (SSSR count). The Bertz CT molecular complexity index is 616. The first-order chi connectivity index (χ1) is 8.74. The van der Waals surface area contributed by atoms with Gasteiger partial charge in [0.2, 0.25) is 0 Å². The molecule has 0 radical (unpaired) electrons. The molecule has 0 aliphatic carbocycles. The summed E-state index contributed by atoms with van der Waals surface area (Å²) in [5.74, 6) is -0.393. The number of aromatic amines is 1. The molecular weight excluding hydrogens is 230 g/mol. The van der Waals surface area contributed by atoms with Gasteiger partial charge in [-0.15, -0.1) is 0 Å². The van der Waals surface area contributed by atoms with Crippen molar-refractivity contribution in [3.05, 3.63) is 46.4 Å². The van der Waals surface area contributed by atoms with Gasteiger partial charge in [-0.25, -0.2) is 4.79 Å². The third-order valence-electron chi connectivity index (χ3n) is 2.76. The minimum absolute atomic E-state index is 0.198. The van der Waals surface area contributed by atoms with E-state index < -0.39 is 5.97 Å². The number of benzene rings is 1. The average Bonchev–Trinajstić information content (AvgIpc) is 2.39. The predicted molar refractivity (Wildman–Crippen MR) is 69.8 cm³/mol. The standard InChI is InChI=1S/C14H15NO3/c1-2-3-8-18-14(17)12-9-15-13(16)11-7-5-4-6-10(11)12/h4-7,9H,2-3,8H2,1H3,(H,15,16). The third-order valence-corrected chi connectivity index (χ3v) is 2.76. The molecule has 1 N–H and O–H groups in total. The first kappa shape index (κ1) is 12.4. The number of unbranched alkanes of at least 4 members (excludes halogenated alkanes) is 1. The molecule has 0 aliphatic rings. The molecule has 1 heterocycles. The molecule has 0 saturated carbocycles. The number of aromatic nitrogens is 1. The lowest BCUT2D eigenvalue weighted by molar-refractivity contribution is 0.0501. The lowest BCUT2D eigenvalue weighted by Gasteiger charge is -2.06. The van der Waals surface area contributed by atoms with Crippen LogP contribution >= 0.6 is 0 Å². The van der Waals surface area contributed by atoms with E-state index in [1.54, 1.807) is 24.3 Å². The van der Waals surface area contributed by atoms with Gasteiger partial charge in [-0.3, -0.25) is 4.79 Å². The smallest absolute Gasteiger partial charge is 0.340 e. The second kappa shape index (κ2) is 5.49. The minimum atomic E-state index is -0.393. The minimum Gasteiger partial charge on any atom is -0.462 e. The van der Waals surface area contributed by atoms with E-state index in [4.69, 9.17) is 4.74 Å². The van der Waals surface area contributed by atoms with Crippen LogP contribution in [0.1, 0.15) is 30.1 Å². The van der Waals surface area contributed by atoms with Crippen molar-refractivity contribution in [2.75, 3.05) is 6.61 Å². The maximum atomic E-state index is 11.9. The highest BCUT2D eigenvalue weighted by Crippen LogP contribution is 2.15. The lowest BCUT2D eigenvalue weighted by atomic mass is 10.1. The van der Waals surface area contributed by atoms with Gasteiger partial charge in [-0.05, 0) is 12.5 Å². The Morgan fingerprint density at radius 1 is 1.28 bits per heavy atom. The van der Waals surface area contributed by atoms with Crippen molar-refractivity contribution in [3.63, 3.8) is 0 Å². The van der Waals surface area contributed by atoms with E-state index in [2.05, 4.69) is 4.98 Å². The largest absolute Gasteiger partial charge is 0.462 e. The molecule has 1 aromatic heterocycles. The molecule has 4 nitrogen and oxygen atoms in total. The lowest BCUT2D eigenvalue weighted by Crippen LogP contribution is -2.12. The van der Waals surface area contributed by atoms with Crippen LogP contribution in [0.5, 0.6) is 0 Å². The Kier molecular flexibility index (Phi) is 3.77. The molecule has 2 aromatic rings. The van der Waals surface area contributed by atoms with Crippen molar-refractivity contribution in [2.45, 2.75) is 19.8 Å². The average molecular weight is 245 g/mol. The van der Waals surface area contributed by atoms with Crippen LogP contribution in [0.2, 0.25) is 0 Å². The summed E-state index contributed by atoms with van der Waals surface area (Å²) in [4.78, 5) is 26.1. The van der Waals surface area contributed by atoms with E-state index in [1.807, 2.05) is 6.92 Å². The van der Waals surface area contributed by atoms with E-state index in [-0.39, 0.29) is 5.56 Å². The number of hydrogen-bond donors (Lipinski definition) is 1. The van der Waals surface area contributed by atoms with Crippen molar-refractivity contribution in [1.82, 2.24) is 4.98 Å². The number of ether oxygens (including phenoxy) is 1. The van der Waals surface area contributed by atoms with E-state index >= 15 is 0 Å². The maximum Gasteiger partial charge on any atom is 0.340 e. The normalized spacial score (nSPS) is 10.5. The number of rotatable bonds is 4. The van der Waals surface area contributed by atoms with Crippen LogP contribution in [-0.4, -0.2) is 17.6 Å². The molecule has 0 fully saturated rings. The molecule has 0 atom stereocenters. The van der Waals surface area contributed by atoms with Gasteiger partial charge in [-0.2, -0.15) is 0 Å².